The van der Waals surface area contributed by atoms with Crippen LogP contribution in [-0.4, -0.2) is 0 Å². The molecular formula is C22H23. The summed E-state index contributed by atoms with van der Waals surface area (Å²) in [5.41, 5.74) is 2.23. The molecule has 0 N–H and O–H groups in total. The normalized spacial score (nSPS) is 11.1. The second kappa shape index (κ2) is 6.79. The molecule has 0 atom stereocenters. The third kappa shape index (κ3) is 3.06. The van der Waals surface area contributed by atoms with Crippen molar-refractivity contribution in [1.29, 1.82) is 0 Å². The van der Waals surface area contributed by atoms with Crippen LogP contribution in [0, 0.1) is 6.58 Å². The van der Waals surface area contributed by atoms with Gasteiger partial charge in [0, 0.05) is 0 Å². The van der Waals surface area contributed by atoms with Gasteiger partial charge in [0.15, 0.2) is 0 Å². The van der Waals surface area contributed by atoms with Crippen molar-refractivity contribution in [3.8, 4) is 0 Å². The average Bonchev–Trinajstić information content (AvgIpc) is 2.56. The number of hydrogen-bond acceptors (Lipinski definition) is 0. The number of rotatable bonds is 6. The van der Waals surface area contributed by atoms with Gasteiger partial charge in [0.1, 0.15) is 0 Å². The van der Waals surface area contributed by atoms with E-state index in [1.165, 1.54) is 52.8 Å². The molecule has 0 heterocycles. The number of unbranched alkanes of at least 4 members (excludes halogenated alkanes) is 3. The Balaban J connectivity index is 1.95. The van der Waals surface area contributed by atoms with Gasteiger partial charge in [-0.1, -0.05) is 75.2 Å². The van der Waals surface area contributed by atoms with E-state index in [9.17, 15) is 0 Å². The van der Waals surface area contributed by atoms with Gasteiger partial charge >= 0.3 is 0 Å². The van der Waals surface area contributed by atoms with E-state index >= 15 is 0 Å². The first-order chi connectivity index (χ1) is 10.8. The zero-order chi connectivity index (χ0) is 15.4. The summed E-state index contributed by atoms with van der Waals surface area (Å²) < 4.78 is 0. The molecule has 0 aliphatic heterocycles. The van der Waals surface area contributed by atoms with Gasteiger partial charge < -0.3 is 0 Å². The predicted molar refractivity (Wildman–Crippen MR) is 97.9 cm³/mol. The highest BCUT2D eigenvalue weighted by Gasteiger charge is 2.06. The molecule has 22 heavy (non-hydrogen) atoms. The summed E-state index contributed by atoms with van der Waals surface area (Å²) in [6.45, 7) is 8.64. The van der Waals surface area contributed by atoms with E-state index in [4.69, 9.17) is 6.58 Å². The van der Waals surface area contributed by atoms with Gasteiger partial charge in [-0.3, -0.25) is 0 Å². The lowest BCUT2D eigenvalue weighted by Crippen LogP contribution is -1.88. The lowest BCUT2D eigenvalue weighted by Gasteiger charge is -2.11. The van der Waals surface area contributed by atoms with Crippen LogP contribution in [0.3, 0.4) is 0 Å². The smallest absolute Gasteiger partial charge is 0.0102 e. The Kier molecular flexibility index (Phi) is 4.58. The fourth-order valence-corrected chi connectivity index (χ4v) is 3.12. The van der Waals surface area contributed by atoms with Crippen LogP contribution in [0.1, 0.15) is 44.6 Å². The predicted octanol–water partition coefficient (Wildman–Crippen LogP) is 6.78. The Bertz CT molecular complexity index is 795. The van der Waals surface area contributed by atoms with Gasteiger partial charge in [0.25, 0.3) is 0 Å². The fraction of sp³-hybridized carbons (Fsp3) is 0.273. The molecule has 3 aromatic rings. The van der Waals surface area contributed by atoms with Gasteiger partial charge in [-0.15, -0.1) is 0 Å². The number of allylic oxidation sites excluding steroid dienone is 1. The molecule has 111 valence electrons. The quantitative estimate of drug-likeness (QED) is 0.346. The average molecular weight is 287 g/mol. The second-order valence-corrected chi connectivity index (χ2v) is 6.06. The lowest BCUT2D eigenvalue weighted by atomic mass is 9.93. The molecule has 3 aromatic carbocycles. The van der Waals surface area contributed by atoms with Crippen molar-refractivity contribution >= 4 is 27.1 Å². The molecule has 0 nitrogen and oxygen atoms in total. The first kappa shape index (κ1) is 14.8. The summed E-state index contributed by atoms with van der Waals surface area (Å²) in [6.07, 6.45) is 6.01. The molecule has 0 amide bonds. The summed E-state index contributed by atoms with van der Waals surface area (Å²) >= 11 is 0. The van der Waals surface area contributed by atoms with E-state index in [1.54, 1.807) is 0 Å². The summed E-state index contributed by atoms with van der Waals surface area (Å²) in [7, 11) is 0. The molecule has 0 aliphatic carbocycles. The summed E-state index contributed by atoms with van der Waals surface area (Å²) in [5, 5.41) is 5.11. The summed E-state index contributed by atoms with van der Waals surface area (Å²) in [6, 6.07) is 19.5. The third-order valence-electron chi connectivity index (χ3n) is 4.39. The Morgan fingerprint density at radius 3 is 2.32 bits per heavy atom. The van der Waals surface area contributed by atoms with Crippen LogP contribution in [-0.2, 0) is 0 Å². The van der Waals surface area contributed by atoms with E-state index in [-0.39, 0.29) is 0 Å². The molecule has 0 aromatic heterocycles. The molecular weight excluding hydrogens is 264 g/mol. The van der Waals surface area contributed by atoms with Crippen molar-refractivity contribution in [1.82, 2.24) is 0 Å². The van der Waals surface area contributed by atoms with Gasteiger partial charge in [-0.05, 0) is 57.7 Å². The third-order valence-corrected chi connectivity index (χ3v) is 4.39. The molecule has 0 unspecified atom stereocenters. The van der Waals surface area contributed by atoms with Crippen LogP contribution in [0.15, 0.2) is 54.6 Å². The molecule has 0 heteroatoms. The van der Waals surface area contributed by atoms with E-state index < -0.39 is 0 Å². The standard InChI is InChI=1S/C22H23/c1-3-4-5-6-10-17(2)21-14-9-13-20-15-18-11-7-8-12-19(18)16-22(20)21/h2,7-9,11-16H,3-6,10H2,1H3. The maximum atomic E-state index is 6.40. The van der Waals surface area contributed by atoms with Gasteiger partial charge in [-0.25, -0.2) is 0 Å². The van der Waals surface area contributed by atoms with Crippen molar-refractivity contribution in [3.05, 3.63) is 66.7 Å². The zero-order valence-electron chi connectivity index (χ0n) is 13.3. The van der Waals surface area contributed by atoms with Crippen LogP contribution >= 0.6 is 0 Å². The Morgan fingerprint density at radius 1 is 0.818 bits per heavy atom. The molecule has 0 saturated heterocycles. The van der Waals surface area contributed by atoms with Crippen molar-refractivity contribution in [3.63, 3.8) is 0 Å². The summed E-state index contributed by atoms with van der Waals surface area (Å²) in [4.78, 5) is 0. The SMILES string of the molecule is [CH]=C(CCCCCC)c1cccc2cc3ccccc3cc12. The number of fused-ring (bicyclic) bond motifs is 2. The van der Waals surface area contributed by atoms with E-state index in [2.05, 4.69) is 61.5 Å². The zero-order valence-corrected chi connectivity index (χ0v) is 13.3. The van der Waals surface area contributed by atoms with Crippen molar-refractivity contribution in [2.24, 2.45) is 0 Å². The molecule has 3 rings (SSSR count). The Hall–Kier alpha value is -2.08. The highest BCUT2D eigenvalue weighted by atomic mass is 14.1. The molecule has 0 bridgehead atoms. The van der Waals surface area contributed by atoms with E-state index in [0.29, 0.717) is 0 Å². The second-order valence-electron chi connectivity index (χ2n) is 6.06. The van der Waals surface area contributed by atoms with Crippen LogP contribution in [0.4, 0.5) is 0 Å². The highest BCUT2D eigenvalue weighted by molar-refractivity contribution is 6.02. The molecule has 0 aliphatic rings. The van der Waals surface area contributed by atoms with Crippen LogP contribution < -0.4 is 0 Å². The monoisotopic (exact) mass is 287 g/mol. The highest BCUT2D eigenvalue weighted by Crippen LogP contribution is 2.30. The number of benzene rings is 3. The van der Waals surface area contributed by atoms with Crippen molar-refractivity contribution in [2.75, 3.05) is 0 Å². The van der Waals surface area contributed by atoms with Crippen LogP contribution in [0.2, 0.25) is 0 Å². The van der Waals surface area contributed by atoms with Gasteiger partial charge in [-0.2, -0.15) is 0 Å². The van der Waals surface area contributed by atoms with E-state index in [0.717, 1.165) is 12.0 Å². The number of hydrogen-bond donors (Lipinski definition) is 0. The van der Waals surface area contributed by atoms with Crippen molar-refractivity contribution in [2.45, 2.75) is 39.0 Å². The molecule has 0 spiro atoms. The minimum atomic E-state index is 0.992. The van der Waals surface area contributed by atoms with Gasteiger partial charge in [0.2, 0.25) is 0 Å². The largest absolute Gasteiger partial charge is 0.0654 e. The minimum Gasteiger partial charge on any atom is -0.0654 e. The fourth-order valence-electron chi connectivity index (χ4n) is 3.12. The van der Waals surface area contributed by atoms with Crippen LogP contribution in [0.5, 0.6) is 0 Å². The first-order valence-corrected chi connectivity index (χ1v) is 8.33. The first-order valence-electron chi connectivity index (χ1n) is 8.33. The lowest BCUT2D eigenvalue weighted by molar-refractivity contribution is 0.679. The van der Waals surface area contributed by atoms with Crippen molar-refractivity contribution < 1.29 is 0 Å². The van der Waals surface area contributed by atoms with Crippen LogP contribution in [0.25, 0.3) is 27.1 Å². The molecule has 0 fully saturated rings. The maximum Gasteiger partial charge on any atom is -0.0102 e. The maximum absolute atomic E-state index is 6.40. The topological polar surface area (TPSA) is 0 Å². The molecule has 1 radical (unpaired) electrons. The molecule has 0 saturated carbocycles. The van der Waals surface area contributed by atoms with E-state index in [1.807, 2.05) is 0 Å². The van der Waals surface area contributed by atoms with Gasteiger partial charge in [0.05, 0.1) is 0 Å². The summed E-state index contributed by atoms with van der Waals surface area (Å²) in [5.74, 6) is 0. The Labute approximate surface area is 133 Å². The Morgan fingerprint density at radius 2 is 1.55 bits per heavy atom. The minimum absolute atomic E-state index is 0.992.